The smallest absolute Gasteiger partial charge is 0.175 e. The van der Waals surface area contributed by atoms with Crippen LogP contribution in [0.2, 0.25) is 0 Å². The van der Waals surface area contributed by atoms with Crippen LogP contribution in [0.1, 0.15) is 39.2 Å². The second kappa shape index (κ2) is 4.23. The second-order valence-electron chi connectivity index (χ2n) is 6.07. The van der Waals surface area contributed by atoms with Gasteiger partial charge in [-0.15, -0.1) is 0 Å². The monoisotopic (exact) mass is 264 g/mol. The van der Waals surface area contributed by atoms with E-state index in [2.05, 4.69) is 20.8 Å². The van der Waals surface area contributed by atoms with Crippen molar-refractivity contribution in [3.05, 3.63) is 35.4 Å². The Kier molecular flexibility index (Phi) is 3.14. The second-order valence-corrected chi connectivity index (χ2v) is 8.09. The zero-order chi connectivity index (χ0) is 13.6. The van der Waals surface area contributed by atoms with Crippen LogP contribution < -0.4 is 0 Å². The van der Waals surface area contributed by atoms with Crippen molar-refractivity contribution < 1.29 is 8.42 Å². The van der Waals surface area contributed by atoms with E-state index in [4.69, 9.17) is 0 Å². The lowest BCUT2D eigenvalue weighted by molar-refractivity contribution is 0.397. The molecule has 0 N–H and O–H groups in total. The molecule has 0 radical (unpaired) electrons. The number of hydrogen-bond acceptors (Lipinski definition) is 2. The summed E-state index contributed by atoms with van der Waals surface area (Å²) in [6, 6.07) is 7.26. The Hall–Kier alpha value is -1.09. The first-order valence-electron chi connectivity index (χ1n) is 6.18. The minimum atomic E-state index is -3.10. The molecule has 0 aromatic heterocycles. The zero-order valence-corrected chi connectivity index (χ0v) is 12.3. The molecule has 0 heterocycles. The highest BCUT2D eigenvalue weighted by Gasteiger charge is 2.28. The average molecular weight is 264 g/mol. The first kappa shape index (κ1) is 13.3. The third-order valence-corrected chi connectivity index (χ3v) is 4.67. The molecule has 0 saturated carbocycles. The summed E-state index contributed by atoms with van der Waals surface area (Å²) in [7, 11) is -3.10. The van der Waals surface area contributed by atoms with Gasteiger partial charge in [-0.1, -0.05) is 31.6 Å². The van der Waals surface area contributed by atoms with Crippen molar-refractivity contribution in [3.8, 4) is 0 Å². The van der Waals surface area contributed by atoms with Gasteiger partial charge in [0.15, 0.2) is 9.84 Å². The minimum Gasteiger partial charge on any atom is -0.224 e. The van der Waals surface area contributed by atoms with E-state index in [-0.39, 0.29) is 0 Å². The van der Waals surface area contributed by atoms with E-state index in [9.17, 15) is 8.42 Å². The van der Waals surface area contributed by atoms with E-state index >= 15 is 0 Å². The first-order valence-corrected chi connectivity index (χ1v) is 8.07. The number of allylic oxidation sites excluding steroid dienone is 2. The van der Waals surface area contributed by atoms with Crippen LogP contribution >= 0.6 is 0 Å². The molecule has 0 atom stereocenters. The van der Waals surface area contributed by atoms with Crippen molar-refractivity contribution in [3.63, 3.8) is 0 Å². The normalized spacial score (nSPS) is 19.3. The zero-order valence-electron chi connectivity index (χ0n) is 11.4. The van der Waals surface area contributed by atoms with Crippen molar-refractivity contribution in [2.24, 2.45) is 5.41 Å². The Balaban J connectivity index is 2.35. The number of hydrogen-bond donors (Lipinski definition) is 0. The molecule has 0 fully saturated rings. The van der Waals surface area contributed by atoms with Gasteiger partial charge >= 0.3 is 0 Å². The molecule has 0 saturated heterocycles. The third kappa shape index (κ3) is 2.66. The summed E-state index contributed by atoms with van der Waals surface area (Å²) in [6.45, 7) is 6.72. The van der Waals surface area contributed by atoms with Crippen LogP contribution in [0.15, 0.2) is 34.7 Å². The standard InChI is InChI=1S/C15H20O2S/c1-11-9-15(2,3)10-14(11)12-5-7-13(8-6-12)18(4,16)17/h5-8H,9-10H2,1-4H3. The summed E-state index contributed by atoms with van der Waals surface area (Å²) in [5, 5.41) is 0. The SMILES string of the molecule is CC1=C(c2ccc(S(C)(=O)=O)cc2)CC(C)(C)C1. The Morgan fingerprint density at radius 1 is 1.06 bits per heavy atom. The van der Waals surface area contributed by atoms with Crippen LogP contribution in [-0.4, -0.2) is 14.7 Å². The van der Waals surface area contributed by atoms with E-state index in [1.54, 1.807) is 12.1 Å². The Labute approximate surface area is 110 Å². The summed E-state index contributed by atoms with van der Waals surface area (Å²) >= 11 is 0. The molecule has 1 aliphatic carbocycles. The molecule has 0 unspecified atom stereocenters. The Morgan fingerprint density at radius 2 is 1.61 bits per heavy atom. The van der Waals surface area contributed by atoms with Crippen LogP contribution in [0.3, 0.4) is 0 Å². The van der Waals surface area contributed by atoms with Gasteiger partial charge in [0.2, 0.25) is 0 Å². The summed E-state index contributed by atoms with van der Waals surface area (Å²) in [5.41, 5.74) is 4.28. The first-order chi connectivity index (χ1) is 8.19. The fraction of sp³-hybridized carbons (Fsp3) is 0.467. The molecule has 0 amide bonds. The van der Waals surface area contributed by atoms with E-state index in [0.717, 1.165) is 18.4 Å². The summed E-state index contributed by atoms with van der Waals surface area (Å²) in [6.07, 6.45) is 3.43. The van der Waals surface area contributed by atoms with Crippen molar-refractivity contribution in [1.29, 1.82) is 0 Å². The fourth-order valence-corrected chi connectivity index (χ4v) is 3.40. The van der Waals surface area contributed by atoms with E-state index in [1.165, 1.54) is 17.4 Å². The molecular weight excluding hydrogens is 244 g/mol. The predicted octanol–water partition coefficient (Wildman–Crippen LogP) is 3.68. The van der Waals surface area contributed by atoms with Gasteiger partial charge in [0.05, 0.1) is 4.90 Å². The third-order valence-electron chi connectivity index (χ3n) is 3.55. The van der Waals surface area contributed by atoms with Gasteiger partial charge in [-0.2, -0.15) is 0 Å². The average Bonchev–Trinajstić information content (AvgIpc) is 2.51. The molecule has 0 spiro atoms. The van der Waals surface area contributed by atoms with Crippen LogP contribution in [-0.2, 0) is 9.84 Å². The van der Waals surface area contributed by atoms with E-state index in [1.807, 2.05) is 12.1 Å². The lowest BCUT2D eigenvalue weighted by Gasteiger charge is -2.17. The molecular formula is C15H20O2S. The van der Waals surface area contributed by atoms with Crippen LogP contribution in [0.25, 0.3) is 5.57 Å². The quantitative estimate of drug-likeness (QED) is 0.816. The summed E-state index contributed by atoms with van der Waals surface area (Å²) < 4.78 is 22.8. The van der Waals surface area contributed by atoms with Gasteiger partial charge in [-0.25, -0.2) is 8.42 Å². The molecule has 0 aliphatic heterocycles. The van der Waals surface area contributed by atoms with Crippen LogP contribution in [0.4, 0.5) is 0 Å². The summed E-state index contributed by atoms with van der Waals surface area (Å²) in [5.74, 6) is 0. The fourth-order valence-electron chi connectivity index (χ4n) is 2.77. The molecule has 98 valence electrons. The summed E-state index contributed by atoms with van der Waals surface area (Å²) in [4.78, 5) is 0.391. The highest BCUT2D eigenvalue weighted by Crippen LogP contribution is 2.45. The predicted molar refractivity (Wildman–Crippen MR) is 75.2 cm³/mol. The molecule has 1 aromatic carbocycles. The maximum Gasteiger partial charge on any atom is 0.175 e. The van der Waals surface area contributed by atoms with Crippen molar-refractivity contribution in [1.82, 2.24) is 0 Å². The van der Waals surface area contributed by atoms with Crippen molar-refractivity contribution in [2.45, 2.75) is 38.5 Å². The molecule has 3 heteroatoms. The van der Waals surface area contributed by atoms with E-state index in [0.29, 0.717) is 10.3 Å². The minimum absolute atomic E-state index is 0.328. The number of benzene rings is 1. The maximum atomic E-state index is 11.4. The highest BCUT2D eigenvalue weighted by molar-refractivity contribution is 7.90. The Morgan fingerprint density at radius 3 is 2.00 bits per heavy atom. The molecule has 1 aromatic rings. The molecule has 18 heavy (non-hydrogen) atoms. The maximum absolute atomic E-state index is 11.4. The van der Waals surface area contributed by atoms with Gasteiger partial charge in [0.25, 0.3) is 0 Å². The van der Waals surface area contributed by atoms with Gasteiger partial charge in [-0.3, -0.25) is 0 Å². The van der Waals surface area contributed by atoms with Gasteiger partial charge in [-0.05, 0) is 48.4 Å². The van der Waals surface area contributed by atoms with Crippen LogP contribution in [0.5, 0.6) is 0 Å². The lowest BCUT2D eigenvalue weighted by Crippen LogP contribution is -2.05. The molecule has 1 aliphatic rings. The van der Waals surface area contributed by atoms with E-state index < -0.39 is 9.84 Å². The Bertz CT molecular complexity index is 590. The number of rotatable bonds is 2. The molecule has 2 nitrogen and oxygen atoms in total. The highest BCUT2D eigenvalue weighted by atomic mass is 32.2. The lowest BCUT2D eigenvalue weighted by atomic mass is 9.88. The molecule has 2 rings (SSSR count). The largest absolute Gasteiger partial charge is 0.224 e. The van der Waals surface area contributed by atoms with Crippen molar-refractivity contribution in [2.75, 3.05) is 6.26 Å². The van der Waals surface area contributed by atoms with Gasteiger partial charge in [0.1, 0.15) is 0 Å². The van der Waals surface area contributed by atoms with Gasteiger partial charge < -0.3 is 0 Å². The molecule has 0 bridgehead atoms. The topological polar surface area (TPSA) is 34.1 Å². The number of sulfone groups is 1. The van der Waals surface area contributed by atoms with Crippen LogP contribution in [0, 0.1) is 5.41 Å². The van der Waals surface area contributed by atoms with Crippen molar-refractivity contribution >= 4 is 15.4 Å². The van der Waals surface area contributed by atoms with Gasteiger partial charge in [0, 0.05) is 6.26 Å².